The van der Waals surface area contributed by atoms with E-state index in [0.717, 1.165) is 13.0 Å². The van der Waals surface area contributed by atoms with Gasteiger partial charge in [-0.15, -0.1) is 0 Å². The molecule has 0 radical (unpaired) electrons. The Kier molecular flexibility index (Phi) is 4.14. The molecule has 0 bridgehead atoms. The summed E-state index contributed by atoms with van der Waals surface area (Å²) in [6.07, 6.45) is 0.251. The van der Waals surface area contributed by atoms with Crippen molar-refractivity contribution in [1.29, 1.82) is 0 Å². The lowest BCUT2D eigenvalue weighted by molar-refractivity contribution is 0.0612. The first-order chi connectivity index (χ1) is 6.91. The second kappa shape index (κ2) is 4.80. The molecule has 0 amide bonds. The number of hydrogen-bond acceptors (Lipinski definition) is 4. The van der Waals surface area contributed by atoms with Crippen molar-refractivity contribution in [1.82, 2.24) is 4.90 Å². The van der Waals surface area contributed by atoms with Gasteiger partial charge < -0.3 is 5.11 Å². The molecule has 0 saturated carbocycles. The lowest BCUT2D eigenvalue weighted by Crippen LogP contribution is -2.47. The highest BCUT2D eigenvalue weighted by Crippen LogP contribution is 2.21. The molecule has 0 aliphatic carbocycles. The van der Waals surface area contributed by atoms with Crippen molar-refractivity contribution in [3.05, 3.63) is 0 Å². The molecule has 0 aromatic rings. The molecule has 1 rings (SSSR count). The van der Waals surface area contributed by atoms with Crippen LogP contribution in [-0.2, 0) is 9.84 Å². The Morgan fingerprint density at radius 3 is 2.33 bits per heavy atom. The van der Waals surface area contributed by atoms with Gasteiger partial charge in [-0.05, 0) is 19.9 Å². The molecule has 5 heteroatoms. The van der Waals surface area contributed by atoms with Gasteiger partial charge in [-0.1, -0.05) is 13.8 Å². The van der Waals surface area contributed by atoms with Gasteiger partial charge in [0.25, 0.3) is 0 Å². The third kappa shape index (κ3) is 2.92. The normalized spacial score (nSPS) is 32.1. The molecule has 0 aromatic heterocycles. The summed E-state index contributed by atoms with van der Waals surface area (Å²) in [5, 5.41) is 9.75. The summed E-state index contributed by atoms with van der Waals surface area (Å²) in [6.45, 7) is 6.93. The molecule has 1 aliphatic heterocycles. The first-order valence-corrected chi connectivity index (χ1v) is 7.37. The smallest absolute Gasteiger partial charge is 0.154 e. The Balaban J connectivity index is 2.78. The third-order valence-corrected chi connectivity index (χ3v) is 4.94. The molecule has 3 unspecified atom stereocenters. The number of aliphatic hydroxyl groups excluding tert-OH is 1. The van der Waals surface area contributed by atoms with Crippen LogP contribution >= 0.6 is 0 Å². The van der Waals surface area contributed by atoms with Crippen LogP contribution in [0.5, 0.6) is 0 Å². The zero-order valence-electron chi connectivity index (χ0n) is 9.68. The summed E-state index contributed by atoms with van der Waals surface area (Å²) in [5.74, 6) is 0.0247. The van der Waals surface area contributed by atoms with Crippen LogP contribution in [0, 0.1) is 0 Å². The summed E-state index contributed by atoms with van der Waals surface area (Å²) >= 11 is 0. The van der Waals surface area contributed by atoms with Crippen LogP contribution in [0.15, 0.2) is 0 Å². The number of aliphatic hydroxyl groups is 1. The van der Waals surface area contributed by atoms with E-state index in [0.29, 0.717) is 6.04 Å². The molecule has 1 heterocycles. The van der Waals surface area contributed by atoms with E-state index in [9.17, 15) is 13.5 Å². The number of hydrogen-bond donors (Lipinski definition) is 1. The minimum absolute atomic E-state index is 0.0788. The Morgan fingerprint density at radius 2 is 2.00 bits per heavy atom. The molecular formula is C10H21NO3S. The quantitative estimate of drug-likeness (QED) is 0.759. The number of likely N-dealkylation sites (N-methyl/N-ethyl adjacent to an activating group) is 1. The fourth-order valence-electron chi connectivity index (χ4n) is 2.23. The van der Waals surface area contributed by atoms with Crippen LogP contribution in [0.3, 0.4) is 0 Å². The lowest BCUT2D eigenvalue weighted by Gasteiger charge is -2.33. The van der Waals surface area contributed by atoms with Crippen LogP contribution < -0.4 is 0 Å². The average molecular weight is 235 g/mol. The van der Waals surface area contributed by atoms with Crippen molar-refractivity contribution in [2.45, 2.75) is 45.4 Å². The van der Waals surface area contributed by atoms with E-state index in [-0.39, 0.29) is 17.5 Å². The SMILES string of the molecule is CCC(C)N(CC)C1CS(=O)(=O)CC1O. The summed E-state index contributed by atoms with van der Waals surface area (Å²) in [6, 6.07) is 0.109. The highest BCUT2D eigenvalue weighted by atomic mass is 32.2. The molecule has 0 spiro atoms. The van der Waals surface area contributed by atoms with Gasteiger partial charge in [0.2, 0.25) is 0 Å². The maximum atomic E-state index is 11.4. The van der Waals surface area contributed by atoms with E-state index >= 15 is 0 Å². The first kappa shape index (κ1) is 12.9. The summed E-state index contributed by atoms with van der Waals surface area (Å²) < 4.78 is 22.8. The molecule has 1 aliphatic rings. The maximum absolute atomic E-state index is 11.4. The second-order valence-corrected chi connectivity index (χ2v) is 6.45. The van der Waals surface area contributed by atoms with Crippen LogP contribution in [0.1, 0.15) is 27.2 Å². The zero-order valence-corrected chi connectivity index (χ0v) is 10.5. The third-order valence-electron chi connectivity index (χ3n) is 3.24. The van der Waals surface area contributed by atoms with Crippen LogP contribution in [0.25, 0.3) is 0 Å². The number of sulfone groups is 1. The summed E-state index contributed by atoms with van der Waals surface area (Å²) in [4.78, 5) is 2.09. The van der Waals surface area contributed by atoms with Gasteiger partial charge in [-0.25, -0.2) is 8.42 Å². The summed E-state index contributed by atoms with van der Waals surface area (Å²) in [7, 11) is -3.03. The largest absolute Gasteiger partial charge is 0.390 e. The molecule has 1 N–H and O–H groups in total. The fourth-order valence-corrected chi connectivity index (χ4v) is 4.05. The predicted molar refractivity (Wildman–Crippen MR) is 60.6 cm³/mol. The minimum Gasteiger partial charge on any atom is -0.390 e. The Labute approximate surface area is 92.2 Å². The fraction of sp³-hybridized carbons (Fsp3) is 1.00. The van der Waals surface area contributed by atoms with E-state index in [1.54, 1.807) is 0 Å². The molecule has 1 saturated heterocycles. The molecule has 3 atom stereocenters. The molecule has 90 valence electrons. The minimum atomic E-state index is -3.03. The lowest BCUT2D eigenvalue weighted by atomic mass is 10.1. The van der Waals surface area contributed by atoms with E-state index in [1.807, 2.05) is 6.92 Å². The molecule has 15 heavy (non-hydrogen) atoms. The van der Waals surface area contributed by atoms with Crippen molar-refractivity contribution in [2.24, 2.45) is 0 Å². The van der Waals surface area contributed by atoms with Crippen LogP contribution in [-0.4, -0.2) is 54.7 Å². The average Bonchev–Trinajstić information content (AvgIpc) is 2.41. The van der Waals surface area contributed by atoms with Gasteiger partial charge >= 0.3 is 0 Å². The number of rotatable bonds is 4. The van der Waals surface area contributed by atoms with E-state index < -0.39 is 15.9 Å². The van der Waals surface area contributed by atoms with E-state index in [2.05, 4.69) is 18.7 Å². The topological polar surface area (TPSA) is 57.6 Å². The molecule has 4 nitrogen and oxygen atoms in total. The molecule has 1 fully saturated rings. The van der Waals surface area contributed by atoms with Crippen molar-refractivity contribution in [2.75, 3.05) is 18.1 Å². The highest BCUT2D eigenvalue weighted by molar-refractivity contribution is 7.91. The van der Waals surface area contributed by atoms with Gasteiger partial charge in [0, 0.05) is 6.04 Å². The highest BCUT2D eigenvalue weighted by Gasteiger charge is 2.40. The van der Waals surface area contributed by atoms with Crippen LogP contribution in [0.2, 0.25) is 0 Å². The molecular weight excluding hydrogens is 214 g/mol. The predicted octanol–water partition coefficient (Wildman–Crippen LogP) is 0.265. The van der Waals surface area contributed by atoms with E-state index in [4.69, 9.17) is 0 Å². The van der Waals surface area contributed by atoms with Gasteiger partial charge in [-0.3, -0.25) is 4.90 Å². The van der Waals surface area contributed by atoms with Crippen molar-refractivity contribution in [3.63, 3.8) is 0 Å². The van der Waals surface area contributed by atoms with E-state index in [1.165, 1.54) is 0 Å². The standard InChI is InChI=1S/C10H21NO3S/c1-4-8(3)11(5-2)9-6-15(13,14)7-10(9)12/h8-10,12H,4-7H2,1-3H3. The number of nitrogens with zero attached hydrogens (tertiary/aromatic N) is 1. The van der Waals surface area contributed by atoms with Gasteiger partial charge in [-0.2, -0.15) is 0 Å². The van der Waals surface area contributed by atoms with Gasteiger partial charge in [0.05, 0.1) is 23.7 Å². The van der Waals surface area contributed by atoms with Crippen molar-refractivity contribution >= 4 is 9.84 Å². The Morgan fingerprint density at radius 1 is 1.40 bits per heavy atom. The van der Waals surface area contributed by atoms with Crippen molar-refractivity contribution in [3.8, 4) is 0 Å². The van der Waals surface area contributed by atoms with Gasteiger partial charge in [0.15, 0.2) is 9.84 Å². The summed E-state index contributed by atoms with van der Waals surface area (Å²) in [5.41, 5.74) is 0. The van der Waals surface area contributed by atoms with Crippen molar-refractivity contribution < 1.29 is 13.5 Å². The van der Waals surface area contributed by atoms with Crippen LogP contribution in [0.4, 0.5) is 0 Å². The zero-order chi connectivity index (χ0) is 11.6. The molecule has 0 aromatic carbocycles. The van der Waals surface area contributed by atoms with Gasteiger partial charge in [0.1, 0.15) is 0 Å². The Bertz CT molecular complexity index is 302. The Hall–Kier alpha value is -0.130. The first-order valence-electron chi connectivity index (χ1n) is 5.55. The maximum Gasteiger partial charge on any atom is 0.154 e. The monoisotopic (exact) mass is 235 g/mol. The second-order valence-electron chi connectivity index (χ2n) is 4.30.